The molecule has 0 unspecified atom stereocenters. The Morgan fingerprint density at radius 2 is 0.462 bits per heavy atom. The number of hydrogen-bond donors (Lipinski definition) is 0. The molecule has 0 radical (unpaired) electrons. The van der Waals surface area contributed by atoms with Gasteiger partial charge in [0.1, 0.15) is 10.6 Å². The minimum absolute atomic E-state index is 0. The number of rotatable bonds is 10. The molecule has 524 valence electrons. The predicted octanol–water partition coefficient (Wildman–Crippen LogP) is 23.7. The van der Waals surface area contributed by atoms with Crippen LogP contribution in [0.4, 0.5) is 50.4 Å². The molecule has 6 aromatic carbocycles. The van der Waals surface area contributed by atoms with Gasteiger partial charge in [0.2, 0.25) is 0 Å². The van der Waals surface area contributed by atoms with Crippen molar-refractivity contribution in [2.75, 3.05) is 61.7 Å². The summed E-state index contributed by atoms with van der Waals surface area (Å²) in [7, 11) is -5.81. The maximum Gasteiger partial charge on any atom is 1.00 e. The molecule has 0 aliphatic carbocycles. The molecule has 0 spiro atoms. The summed E-state index contributed by atoms with van der Waals surface area (Å²) in [5, 5.41) is 3.15. The van der Waals surface area contributed by atoms with Gasteiger partial charge in [-0.25, -0.2) is 0 Å². The minimum atomic E-state index is -10.7. The van der Waals surface area contributed by atoms with Gasteiger partial charge < -0.3 is 0 Å². The van der Waals surface area contributed by atoms with E-state index in [4.69, 9.17) is 23.2 Å². The van der Waals surface area contributed by atoms with Gasteiger partial charge >= 0.3 is 111 Å². The van der Waals surface area contributed by atoms with Crippen molar-refractivity contribution in [2.45, 2.75) is 83.1 Å². The minimum Gasteiger partial charge on any atom is -0.265 e. The Balaban J connectivity index is 0.00000126. The van der Waals surface area contributed by atoms with Crippen molar-refractivity contribution in [1.82, 2.24) is 28.6 Å². The maximum absolute atomic E-state index is 10.7. The second-order valence-electron chi connectivity index (χ2n) is 22.8. The number of nitrogens with zero attached hydrogens (tertiary/aromatic N) is 6. The van der Waals surface area contributed by atoms with Gasteiger partial charge in [0.15, 0.2) is 16.4 Å². The van der Waals surface area contributed by atoms with E-state index < -0.39 is 32.1 Å². The van der Waals surface area contributed by atoms with E-state index in [2.05, 4.69) is 253 Å². The molecule has 0 saturated heterocycles. The first-order valence-electron chi connectivity index (χ1n) is 28.3. The SMILES string of the molecule is Cc1cc(C)c(-c2cccc(-c3c(C)cc(C)cc3C)c2[PH+](N(C)C)N(C)C)c(C)c1.Cc1cc(C)c(-c2cccc(-c3c(C)cc(C)cc3C)c2[PH+](N(C)C)N(C)C)c(C)c1.ClCCl.F[P-](F)(F)(F)(F)F.F[P-](F)(F)(F)(F)F.[Au+].[Au+].c1ccncc1.c1ccncc1. The third-order valence-corrected chi connectivity index (χ3v) is 18.5. The van der Waals surface area contributed by atoms with E-state index in [0.717, 1.165) is 0 Å². The average molecular weight is 1790 g/mol. The normalized spacial score (nSPS) is 12.6. The molecule has 2 aromatic heterocycles. The van der Waals surface area contributed by atoms with Crippen molar-refractivity contribution in [1.29, 1.82) is 0 Å². The molecule has 0 fully saturated rings. The van der Waals surface area contributed by atoms with Crippen molar-refractivity contribution in [2.24, 2.45) is 0 Å². The molecule has 0 amide bonds. The van der Waals surface area contributed by atoms with Crippen LogP contribution in [0.25, 0.3) is 44.5 Å². The van der Waals surface area contributed by atoms with Crippen LogP contribution in [0.1, 0.15) is 66.8 Å². The number of alkyl halides is 2. The molecule has 93 heavy (non-hydrogen) atoms. The van der Waals surface area contributed by atoms with Gasteiger partial charge in [-0.2, -0.15) is 18.7 Å². The summed E-state index contributed by atoms with van der Waals surface area (Å²) in [5.41, 5.74) is 27.2. The van der Waals surface area contributed by atoms with E-state index in [1.807, 2.05) is 36.4 Å². The summed E-state index contributed by atoms with van der Waals surface area (Å²) in [4.78, 5) is 7.57. The van der Waals surface area contributed by atoms with E-state index in [1.54, 1.807) is 24.8 Å². The first kappa shape index (κ1) is 89.4. The molecule has 0 aliphatic heterocycles. The smallest absolute Gasteiger partial charge is 0.265 e. The van der Waals surface area contributed by atoms with E-state index in [-0.39, 0.29) is 50.1 Å². The van der Waals surface area contributed by atoms with E-state index in [9.17, 15) is 50.4 Å². The fourth-order valence-electron chi connectivity index (χ4n) is 11.2. The van der Waals surface area contributed by atoms with Crippen LogP contribution in [0.15, 0.2) is 146 Å². The number of hydrogen-bond acceptors (Lipinski definition) is 6. The molecule has 8 aromatic rings. The van der Waals surface area contributed by atoms with Crippen LogP contribution in [0.3, 0.4) is 0 Å². The van der Waals surface area contributed by atoms with Crippen LogP contribution in [-0.2, 0) is 44.8 Å². The molecular formula is C67H88Au2Cl2F12N6P4+2. The van der Waals surface area contributed by atoms with Crippen molar-refractivity contribution < 1.29 is 95.1 Å². The summed E-state index contributed by atoms with van der Waals surface area (Å²) >= 11 is 9.53. The number of aromatic nitrogens is 2. The van der Waals surface area contributed by atoms with Gasteiger partial charge in [-0.15, -0.1) is 23.2 Å². The molecule has 6 nitrogen and oxygen atoms in total. The van der Waals surface area contributed by atoms with Gasteiger partial charge in [0.25, 0.3) is 0 Å². The van der Waals surface area contributed by atoms with E-state index in [1.165, 1.54) is 122 Å². The maximum atomic E-state index is 9.87. The van der Waals surface area contributed by atoms with E-state index >= 15 is 0 Å². The zero-order chi connectivity index (χ0) is 70.1. The van der Waals surface area contributed by atoms with Crippen LogP contribution in [0.5, 0.6) is 0 Å². The third kappa shape index (κ3) is 33.5. The average Bonchev–Trinajstić information content (AvgIpc) is 3.36. The standard InChI is InChI=1S/2C28H37N2P.2C5H5N.CH2Cl2.2Au.2F6P/c2*1-18-14-20(3)26(21(4)15-18)24-12-11-13-25(28(24)31(29(7)8)30(9)10)27-22(5)16-19(2)17-23(27)6;2*1-2-4-6-5-3-1;2-1-3;;;2*1-7(2,3,4,5)6/h2*11-17H,1-10H3;2*1-5H;1H2;;;;/q;;;;;2*+1;2*-1/p+2. The third-order valence-electron chi connectivity index (χ3n) is 13.2. The Morgan fingerprint density at radius 1 is 0.312 bits per heavy atom. The summed E-state index contributed by atoms with van der Waals surface area (Å²) < 4.78 is 128. The van der Waals surface area contributed by atoms with Gasteiger partial charge in [0.05, 0.1) is 5.34 Å². The molecule has 0 aliphatic rings. The number of aryl methyl sites for hydroxylation is 12. The summed E-state index contributed by atoms with van der Waals surface area (Å²) in [6, 6.07) is 43.8. The van der Waals surface area contributed by atoms with Crippen LogP contribution >= 0.6 is 55.3 Å². The molecule has 0 N–H and O–H groups in total. The molecule has 0 saturated carbocycles. The van der Waals surface area contributed by atoms with Crippen molar-refractivity contribution >= 4 is 65.9 Å². The topological polar surface area (TPSA) is 38.7 Å². The van der Waals surface area contributed by atoms with E-state index in [0.29, 0.717) is 0 Å². The molecule has 0 bridgehead atoms. The van der Waals surface area contributed by atoms with Crippen molar-refractivity contribution in [3.8, 4) is 44.5 Å². The Bertz CT molecular complexity index is 3100. The van der Waals surface area contributed by atoms with Crippen molar-refractivity contribution in [3.05, 3.63) is 213 Å². The molecule has 0 atom stereocenters. The number of halogens is 14. The zero-order valence-corrected chi connectivity index (χ0v) is 65.7. The number of benzene rings is 6. The van der Waals surface area contributed by atoms with Gasteiger partial charge in [-0.05, 0) is 174 Å². The second kappa shape index (κ2) is 35.8. The summed E-state index contributed by atoms with van der Waals surface area (Å²) in [6.07, 6.45) is 7.00. The van der Waals surface area contributed by atoms with Gasteiger partial charge in [-0.3, -0.25) is 9.97 Å². The second-order valence-corrected chi connectivity index (χ2v) is 33.4. The first-order valence-corrected chi connectivity index (χ1v) is 36.3. The Labute approximate surface area is 587 Å². The van der Waals surface area contributed by atoms with Gasteiger partial charge in [0, 0.05) is 103 Å². The van der Waals surface area contributed by atoms with Crippen LogP contribution in [0.2, 0.25) is 0 Å². The largest absolute Gasteiger partial charge is 1.00 e. The molecule has 2 heterocycles. The van der Waals surface area contributed by atoms with Crippen LogP contribution < -0.4 is 10.6 Å². The van der Waals surface area contributed by atoms with Crippen molar-refractivity contribution in [3.63, 3.8) is 0 Å². The monoisotopic (exact) mass is 1790 g/mol. The Morgan fingerprint density at radius 3 is 0.570 bits per heavy atom. The quantitative estimate of drug-likeness (QED) is 0.0588. The number of pyridine rings is 2. The zero-order valence-electron chi connectivity index (χ0n) is 56.0. The fourth-order valence-corrected chi connectivity index (χ4v) is 16.3. The molecule has 8 rings (SSSR count). The predicted molar refractivity (Wildman–Crippen MR) is 374 cm³/mol. The Kier molecular flexibility index (Phi) is 34.4. The summed E-state index contributed by atoms with van der Waals surface area (Å²) in [6.45, 7) is 26.8. The molecular weight excluding hydrogens is 1710 g/mol. The Hall–Kier alpha value is -3.60. The van der Waals surface area contributed by atoms with Gasteiger partial charge in [-0.1, -0.05) is 119 Å². The molecule has 26 heteroatoms. The summed E-state index contributed by atoms with van der Waals surface area (Å²) in [5.74, 6) is 0. The van der Waals surface area contributed by atoms with Crippen LogP contribution in [0, 0.1) is 83.1 Å². The first-order chi connectivity index (χ1) is 41.4. The fraction of sp³-hybridized carbons (Fsp3) is 0.313. The van der Waals surface area contributed by atoms with Crippen LogP contribution in [-0.4, -0.2) is 90.4 Å².